The van der Waals surface area contributed by atoms with Gasteiger partial charge in [-0.2, -0.15) is 0 Å². The minimum Gasteiger partial charge on any atom is -0.504 e. The van der Waals surface area contributed by atoms with E-state index in [0.717, 1.165) is 25.2 Å². The summed E-state index contributed by atoms with van der Waals surface area (Å²) in [4.78, 5) is 14.9. The van der Waals surface area contributed by atoms with E-state index in [2.05, 4.69) is 40.8 Å². The Kier molecular flexibility index (Phi) is 11.0. The molecule has 1 aliphatic rings. The Morgan fingerprint density at radius 3 is 2.66 bits per heavy atom. The van der Waals surface area contributed by atoms with Crippen LogP contribution in [-0.2, 0) is 32.5 Å². The van der Waals surface area contributed by atoms with Gasteiger partial charge < -0.3 is 20.3 Å². The molecule has 0 bridgehead atoms. The van der Waals surface area contributed by atoms with Crippen LogP contribution in [0.4, 0.5) is 5.69 Å². The predicted molar refractivity (Wildman–Crippen MR) is 142 cm³/mol. The number of anilines is 1. The number of sulfonamides is 1. The number of rotatable bonds is 12. The predicted octanol–water partition coefficient (Wildman–Crippen LogP) is 3.25. The number of nitrogens with zero attached hydrogens (tertiary/aromatic N) is 2. The fourth-order valence-electron chi connectivity index (χ4n) is 3.94. The van der Waals surface area contributed by atoms with Crippen LogP contribution in [0.25, 0.3) is 0 Å². The van der Waals surface area contributed by atoms with E-state index in [4.69, 9.17) is 4.74 Å². The summed E-state index contributed by atoms with van der Waals surface area (Å²) in [6.07, 6.45) is 5.97. The third kappa shape index (κ3) is 8.23. The van der Waals surface area contributed by atoms with Gasteiger partial charge in [-0.25, -0.2) is 12.7 Å². The van der Waals surface area contributed by atoms with Crippen LogP contribution in [0.2, 0.25) is 0 Å². The SMILES string of the molecule is C\C=C(C)/C(=C(C)\C=C\OC)S(=O)(=O)N(C)CCC(=O)NCCNc1ccc2c(c1)CN(C)CC2. The fourth-order valence-corrected chi connectivity index (χ4v) is 5.58. The lowest BCUT2D eigenvalue weighted by Gasteiger charge is -2.25. The highest BCUT2D eigenvalue weighted by Crippen LogP contribution is 2.25. The van der Waals surface area contributed by atoms with Crippen molar-refractivity contribution >= 4 is 21.6 Å². The van der Waals surface area contributed by atoms with Crippen molar-refractivity contribution in [3.8, 4) is 0 Å². The van der Waals surface area contributed by atoms with Gasteiger partial charge in [0.2, 0.25) is 15.9 Å². The zero-order chi connectivity index (χ0) is 26.0. The summed E-state index contributed by atoms with van der Waals surface area (Å²) >= 11 is 0. The maximum Gasteiger partial charge on any atom is 0.243 e. The highest BCUT2D eigenvalue weighted by atomic mass is 32.2. The Bertz CT molecular complexity index is 1080. The van der Waals surface area contributed by atoms with E-state index in [0.29, 0.717) is 24.2 Å². The summed E-state index contributed by atoms with van der Waals surface area (Å²) in [7, 11) is 1.36. The maximum atomic E-state index is 13.2. The van der Waals surface area contributed by atoms with Crippen LogP contribution >= 0.6 is 0 Å². The summed E-state index contributed by atoms with van der Waals surface area (Å²) in [6, 6.07) is 6.42. The number of hydrogen-bond acceptors (Lipinski definition) is 6. The second-order valence-corrected chi connectivity index (χ2v) is 10.8. The lowest BCUT2D eigenvalue weighted by molar-refractivity contribution is -0.121. The van der Waals surface area contributed by atoms with Gasteiger partial charge >= 0.3 is 0 Å². The smallest absolute Gasteiger partial charge is 0.243 e. The van der Waals surface area contributed by atoms with Crippen molar-refractivity contribution in [1.82, 2.24) is 14.5 Å². The molecule has 0 aliphatic carbocycles. The molecule has 0 saturated heterocycles. The molecule has 1 aliphatic heterocycles. The van der Waals surface area contributed by atoms with Crippen LogP contribution in [0, 0.1) is 0 Å². The fraction of sp³-hybridized carbons (Fsp3) is 0.500. The van der Waals surface area contributed by atoms with E-state index in [-0.39, 0.29) is 23.8 Å². The molecule has 0 aromatic heterocycles. The molecule has 35 heavy (non-hydrogen) atoms. The first-order valence-corrected chi connectivity index (χ1v) is 13.3. The quantitative estimate of drug-likeness (QED) is 0.258. The second-order valence-electron chi connectivity index (χ2n) is 8.85. The Balaban J connectivity index is 1.86. The van der Waals surface area contributed by atoms with Gasteiger partial charge in [-0.3, -0.25) is 4.79 Å². The van der Waals surface area contributed by atoms with E-state index in [1.165, 1.54) is 35.9 Å². The van der Waals surface area contributed by atoms with Gasteiger partial charge in [-0.1, -0.05) is 12.1 Å². The molecule has 1 aromatic carbocycles. The monoisotopic (exact) mass is 504 g/mol. The van der Waals surface area contributed by atoms with E-state index < -0.39 is 10.0 Å². The van der Waals surface area contributed by atoms with Gasteiger partial charge in [0.05, 0.1) is 18.3 Å². The highest BCUT2D eigenvalue weighted by molar-refractivity contribution is 7.93. The first-order valence-electron chi connectivity index (χ1n) is 11.9. The number of benzene rings is 1. The number of methoxy groups -OCH3 is 1. The minimum atomic E-state index is -3.77. The van der Waals surface area contributed by atoms with Crippen LogP contribution in [-0.4, -0.2) is 70.9 Å². The minimum absolute atomic E-state index is 0.0794. The Morgan fingerprint density at radius 2 is 1.97 bits per heavy atom. The summed E-state index contributed by atoms with van der Waals surface area (Å²) in [6.45, 7) is 8.44. The topological polar surface area (TPSA) is 91.0 Å². The zero-order valence-corrected chi connectivity index (χ0v) is 22.7. The van der Waals surface area contributed by atoms with Crippen molar-refractivity contribution in [2.75, 3.05) is 52.7 Å². The van der Waals surface area contributed by atoms with E-state index in [9.17, 15) is 13.2 Å². The largest absolute Gasteiger partial charge is 0.504 e. The molecule has 8 nitrogen and oxygen atoms in total. The number of likely N-dealkylation sites (N-methyl/N-ethyl adjacent to an activating group) is 1. The molecule has 1 aromatic rings. The zero-order valence-electron chi connectivity index (χ0n) is 21.8. The number of carbonyl (C=O) groups is 1. The van der Waals surface area contributed by atoms with Gasteiger partial charge in [0.15, 0.2) is 0 Å². The molecule has 1 amide bonds. The lowest BCUT2D eigenvalue weighted by Crippen LogP contribution is -2.35. The van der Waals surface area contributed by atoms with Crippen molar-refractivity contribution in [3.05, 3.63) is 63.8 Å². The van der Waals surface area contributed by atoms with Crippen molar-refractivity contribution < 1.29 is 17.9 Å². The van der Waals surface area contributed by atoms with Gasteiger partial charge in [0, 0.05) is 51.9 Å². The number of carbonyl (C=O) groups excluding carboxylic acids is 1. The molecule has 2 N–H and O–H groups in total. The maximum absolute atomic E-state index is 13.2. The molecular formula is C26H40N4O4S. The van der Waals surface area contributed by atoms with Crippen LogP contribution in [0.1, 0.15) is 38.3 Å². The third-order valence-corrected chi connectivity index (χ3v) is 8.27. The number of amides is 1. The van der Waals surface area contributed by atoms with Crippen molar-refractivity contribution in [1.29, 1.82) is 0 Å². The molecule has 0 saturated carbocycles. The number of hydrogen-bond donors (Lipinski definition) is 2. The summed E-state index contributed by atoms with van der Waals surface area (Å²) < 4.78 is 32.5. The first kappa shape index (κ1) is 28.6. The molecule has 0 atom stereocenters. The van der Waals surface area contributed by atoms with Gasteiger partial charge in [-0.15, -0.1) is 0 Å². The van der Waals surface area contributed by atoms with E-state index in [1.54, 1.807) is 32.9 Å². The molecule has 1 heterocycles. The van der Waals surface area contributed by atoms with Crippen LogP contribution < -0.4 is 10.6 Å². The van der Waals surface area contributed by atoms with Crippen molar-refractivity contribution in [2.24, 2.45) is 0 Å². The molecular weight excluding hydrogens is 464 g/mol. The van der Waals surface area contributed by atoms with Crippen molar-refractivity contribution in [2.45, 2.75) is 40.2 Å². The lowest BCUT2D eigenvalue weighted by atomic mass is 9.99. The normalized spacial score (nSPS) is 15.7. The second kappa shape index (κ2) is 13.5. The van der Waals surface area contributed by atoms with Gasteiger partial charge in [0.1, 0.15) is 0 Å². The molecule has 194 valence electrons. The summed E-state index contributed by atoms with van der Waals surface area (Å²) in [5, 5.41) is 6.21. The van der Waals surface area contributed by atoms with Gasteiger partial charge in [0.25, 0.3) is 0 Å². The number of ether oxygens (including phenoxy) is 1. The molecule has 9 heteroatoms. The molecule has 0 unspecified atom stereocenters. The number of allylic oxidation sites excluding steroid dienone is 4. The average molecular weight is 505 g/mol. The molecule has 0 spiro atoms. The molecule has 0 fully saturated rings. The molecule has 2 rings (SSSR count). The average Bonchev–Trinajstić information content (AvgIpc) is 2.83. The standard InChI is InChI=1S/C26H40N4O4S/c1-7-20(2)26(21(3)12-17-34-6)35(32,33)30(5)16-11-25(31)28-14-13-27-24-9-8-22-10-15-29(4)19-23(22)18-24/h7-9,12,17-18,27H,10-11,13-16,19H2,1-6H3,(H,28,31)/b17-12+,20-7-,26-21+. The van der Waals surface area contributed by atoms with Gasteiger partial charge in [-0.05, 0) is 74.7 Å². The van der Waals surface area contributed by atoms with Crippen LogP contribution in [0.3, 0.4) is 0 Å². The Hall–Kier alpha value is -2.62. The van der Waals surface area contributed by atoms with Crippen molar-refractivity contribution in [3.63, 3.8) is 0 Å². The van der Waals surface area contributed by atoms with E-state index in [1.807, 2.05) is 0 Å². The Morgan fingerprint density at radius 1 is 1.23 bits per heavy atom. The third-order valence-electron chi connectivity index (χ3n) is 6.11. The summed E-state index contributed by atoms with van der Waals surface area (Å²) in [5.41, 5.74) is 4.98. The highest BCUT2D eigenvalue weighted by Gasteiger charge is 2.26. The van der Waals surface area contributed by atoms with E-state index >= 15 is 0 Å². The first-order chi connectivity index (χ1) is 16.6. The Labute approximate surface area is 210 Å². The van der Waals surface area contributed by atoms with Crippen LogP contribution in [0.15, 0.2) is 52.7 Å². The molecule has 0 radical (unpaired) electrons. The number of nitrogens with one attached hydrogen (secondary N) is 2. The number of fused-ring (bicyclic) bond motifs is 1. The van der Waals surface area contributed by atoms with Crippen LogP contribution in [0.5, 0.6) is 0 Å². The summed E-state index contributed by atoms with van der Waals surface area (Å²) in [5.74, 6) is -0.190.